The highest BCUT2D eigenvalue weighted by Crippen LogP contribution is 2.03. The van der Waals surface area contributed by atoms with Crippen LogP contribution in [0.5, 0.6) is 5.88 Å². The molecule has 0 fully saturated rings. The fourth-order valence-corrected chi connectivity index (χ4v) is 1.03. The van der Waals surface area contributed by atoms with Crippen LogP contribution in [0.15, 0.2) is 24.4 Å². The van der Waals surface area contributed by atoms with Crippen molar-refractivity contribution in [2.24, 2.45) is 0 Å². The van der Waals surface area contributed by atoms with E-state index >= 15 is 0 Å². The van der Waals surface area contributed by atoms with Gasteiger partial charge in [0.15, 0.2) is 0 Å². The van der Waals surface area contributed by atoms with Crippen molar-refractivity contribution >= 4 is 0 Å². The zero-order valence-electron chi connectivity index (χ0n) is 8.93. The van der Waals surface area contributed by atoms with Gasteiger partial charge in [0.05, 0.1) is 6.61 Å². The molecule has 84 valence electrons. The molecule has 4 heteroatoms. The number of rotatable bonds is 7. The lowest BCUT2D eigenvalue weighted by Crippen LogP contribution is -2.23. The average Bonchev–Trinajstić information content (AvgIpc) is 2.28. The molecule has 1 aromatic rings. The van der Waals surface area contributed by atoms with Gasteiger partial charge in [0.2, 0.25) is 5.88 Å². The topological polar surface area (TPSA) is 51.6 Å². The van der Waals surface area contributed by atoms with Crippen LogP contribution in [0.4, 0.5) is 0 Å². The number of hydrogen-bond acceptors (Lipinski definition) is 4. The average molecular weight is 211 g/mol. The van der Waals surface area contributed by atoms with Gasteiger partial charge in [0.1, 0.15) is 12.7 Å². The lowest BCUT2D eigenvalue weighted by Gasteiger charge is -2.11. The molecule has 0 amide bonds. The van der Waals surface area contributed by atoms with Gasteiger partial charge in [-0.15, -0.1) is 0 Å². The smallest absolute Gasteiger partial charge is 0.213 e. The molecule has 4 nitrogen and oxygen atoms in total. The van der Waals surface area contributed by atoms with Gasteiger partial charge in [-0.3, -0.25) is 0 Å². The first-order valence-corrected chi connectivity index (χ1v) is 5.12. The quantitative estimate of drug-likeness (QED) is 0.689. The molecule has 0 saturated heterocycles. The third-order valence-electron chi connectivity index (χ3n) is 1.72. The Labute approximate surface area is 89.9 Å². The second kappa shape index (κ2) is 7.20. The highest BCUT2D eigenvalue weighted by atomic mass is 16.5. The number of nitrogens with zero attached hydrogens (tertiary/aromatic N) is 1. The predicted molar refractivity (Wildman–Crippen MR) is 56.8 cm³/mol. The summed E-state index contributed by atoms with van der Waals surface area (Å²) in [5, 5.41) is 9.46. The summed E-state index contributed by atoms with van der Waals surface area (Å²) in [7, 11) is 0. The molecular formula is C11H17NO3. The van der Waals surface area contributed by atoms with E-state index in [0.717, 1.165) is 6.42 Å². The molecule has 0 aromatic carbocycles. The van der Waals surface area contributed by atoms with Crippen molar-refractivity contribution in [3.63, 3.8) is 0 Å². The summed E-state index contributed by atoms with van der Waals surface area (Å²) >= 11 is 0. The molecule has 1 heterocycles. The molecule has 1 unspecified atom stereocenters. The summed E-state index contributed by atoms with van der Waals surface area (Å²) in [6.45, 7) is 3.21. The fraction of sp³-hybridized carbons (Fsp3) is 0.545. The Morgan fingerprint density at radius 3 is 2.93 bits per heavy atom. The molecule has 0 aliphatic heterocycles. The normalized spacial score (nSPS) is 12.4. The maximum absolute atomic E-state index is 9.46. The third-order valence-corrected chi connectivity index (χ3v) is 1.72. The van der Waals surface area contributed by atoms with E-state index in [-0.39, 0.29) is 6.61 Å². The molecule has 1 N–H and O–H groups in total. The molecule has 1 aromatic heterocycles. The first-order chi connectivity index (χ1) is 7.33. The highest BCUT2D eigenvalue weighted by molar-refractivity contribution is 5.09. The highest BCUT2D eigenvalue weighted by Gasteiger charge is 2.05. The summed E-state index contributed by atoms with van der Waals surface area (Å²) in [5.41, 5.74) is 0. The summed E-state index contributed by atoms with van der Waals surface area (Å²) in [6, 6.07) is 5.40. The van der Waals surface area contributed by atoms with Gasteiger partial charge in [0.25, 0.3) is 0 Å². The Hall–Kier alpha value is -1.13. The molecule has 0 aliphatic rings. The van der Waals surface area contributed by atoms with E-state index in [0.29, 0.717) is 19.1 Å². The van der Waals surface area contributed by atoms with Crippen LogP contribution >= 0.6 is 0 Å². The standard InChI is InChI=1S/C11H17NO3/c1-2-7-14-8-10(13)9-15-11-5-3-4-6-12-11/h3-6,10,13H,2,7-9H2,1H3. The van der Waals surface area contributed by atoms with Gasteiger partial charge in [0, 0.05) is 18.9 Å². The summed E-state index contributed by atoms with van der Waals surface area (Å²) in [5.74, 6) is 0.520. The van der Waals surface area contributed by atoms with Crippen LogP contribution in [0.3, 0.4) is 0 Å². The van der Waals surface area contributed by atoms with Gasteiger partial charge in [-0.25, -0.2) is 4.98 Å². The molecular weight excluding hydrogens is 194 g/mol. The molecule has 0 radical (unpaired) electrons. The Balaban J connectivity index is 2.14. The molecule has 0 spiro atoms. The summed E-state index contributed by atoms with van der Waals surface area (Å²) in [6.07, 6.45) is 2.00. The Morgan fingerprint density at radius 2 is 2.27 bits per heavy atom. The van der Waals surface area contributed by atoms with Crippen LogP contribution < -0.4 is 4.74 Å². The van der Waals surface area contributed by atoms with E-state index in [1.165, 1.54) is 0 Å². The Morgan fingerprint density at radius 1 is 1.40 bits per heavy atom. The minimum atomic E-state index is -0.599. The second-order valence-electron chi connectivity index (χ2n) is 3.21. The van der Waals surface area contributed by atoms with Gasteiger partial charge < -0.3 is 14.6 Å². The van der Waals surface area contributed by atoms with E-state index < -0.39 is 6.10 Å². The number of ether oxygens (including phenoxy) is 2. The number of aliphatic hydroxyl groups is 1. The summed E-state index contributed by atoms with van der Waals surface area (Å²) in [4.78, 5) is 3.97. The van der Waals surface area contributed by atoms with Gasteiger partial charge in [-0.05, 0) is 12.5 Å². The number of aromatic nitrogens is 1. The number of hydrogen-bond donors (Lipinski definition) is 1. The van der Waals surface area contributed by atoms with Crippen LogP contribution in [0, 0.1) is 0 Å². The van der Waals surface area contributed by atoms with E-state index in [1.807, 2.05) is 19.1 Å². The van der Waals surface area contributed by atoms with E-state index in [9.17, 15) is 5.11 Å². The fourth-order valence-electron chi connectivity index (χ4n) is 1.03. The van der Waals surface area contributed by atoms with Crippen molar-refractivity contribution in [1.29, 1.82) is 0 Å². The lowest BCUT2D eigenvalue weighted by atomic mass is 10.4. The minimum Gasteiger partial charge on any atom is -0.475 e. The maximum atomic E-state index is 9.46. The van der Waals surface area contributed by atoms with Gasteiger partial charge >= 0.3 is 0 Å². The van der Waals surface area contributed by atoms with Crippen molar-refractivity contribution in [3.8, 4) is 5.88 Å². The van der Waals surface area contributed by atoms with E-state index in [4.69, 9.17) is 9.47 Å². The van der Waals surface area contributed by atoms with Crippen molar-refractivity contribution in [2.75, 3.05) is 19.8 Å². The number of pyridine rings is 1. The molecule has 0 bridgehead atoms. The van der Waals surface area contributed by atoms with Crippen molar-refractivity contribution in [2.45, 2.75) is 19.4 Å². The van der Waals surface area contributed by atoms with E-state index in [1.54, 1.807) is 12.3 Å². The molecule has 0 aliphatic carbocycles. The second-order valence-corrected chi connectivity index (χ2v) is 3.21. The molecule has 1 rings (SSSR count). The first-order valence-electron chi connectivity index (χ1n) is 5.12. The zero-order chi connectivity index (χ0) is 10.9. The van der Waals surface area contributed by atoms with Crippen LogP contribution in [-0.2, 0) is 4.74 Å². The Kier molecular flexibility index (Phi) is 5.73. The van der Waals surface area contributed by atoms with Gasteiger partial charge in [-0.2, -0.15) is 0 Å². The predicted octanol–water partition coefficient (Wildman–Crippen LogP) is 1.25. The monoisotopic (exact) mass is 211 g/mol. The molecule has 1 atom stereocenters. The van der Waals surface area contributed by atoms with Crippen LogP contribution in [0.1, 0.15) is 13.3 Å². The van der Waals surface area contributed by atoms with Crippen molar-refractivity contribution in [3.05, 3.63) is 24.4 Å². The van der Waals surface area contributed by atoms with Crippen LogP contribution in [-0.4, -0.2) is 36.0 Å². The van der Waals surface area contributed by atoms with Crippen molar-refractivity contribution < 1.29 is 14.6 Å². The van der Waals surface area contributed by atoms with Gasteiger partial charge in [-0.1, -0.05) is 13.0 Å². The van der Waals surface area contributed by atoms with E-state index in [2.05, 4.69) is 4.98 Å². The maximum Gasteiger partial charge on any atom is 0.213 e. The molecule has 15 heavy (non-hydrogen) atoms. The first kappa shape index (κ1) is 11.9. The van der Waals surface area contributed by atoms with Crippen LogP contribution in [0.25, 0.3) is 0 Å². The minimum absolute atomic E-state index is 0.209. The summed E-state index contributed by atoms with van der Waals surface area (Å²) < 4.78 is 10.4. The zero-order valence-corrected chi connectivity index (χ0v) is 8.93. The SMILES string of the molecule is CCCOCC(O)COc1ccccn1. The lowest BCUT2D eigenvalue weighted by molar-refractivity contribution is 0.0115. The molecule has 0 saturated carbocycles. The third kappa shape index (κ3) is 5.34. The Bertz CT molecular complexity index is 253. The number of aliphatic hydroxyl groups excluding tert-OH is 1. The largest absolute Gasteiger partial charge is 0.475 e. The van der Waals surface area contributed by atoms with Crippen LogP contribution in [0.2, 0.25) is 0 Å². The van der Waals surface area contributed by atoms with Crippen molar-refractivity contribution in [1.82, 2.24) is 4.98 Å².